The number of urea groups is 1. The van der Waals surface area contributed by atoms with Crippen LogP contribution in [0.2, 0.25) is 0 Å². The van der Waals surface area contributed by atoms with E-state index in [4.69, 9.17) is 0 Å². The average molecular weight is 260 g/mol. The summed E-state index contributed by atoms with van der Waals surface area (Å²) in [6.07, 6.45) is 3.42. The molecule has 1 aromatic rings. The van der Waals surface area contributed by atoms with Gasteiger partial charge in [-0.25, -0.2) is 4.79 Å². The number of amides is 2. The molecule has 1 aliphatic rings. The van der Waals surface area contributed by atoms with Crippen molar-refractivity contribution >= 4 is 11.7 Å². The number of hydrogen-bond acceptors (Lipinski definition) is 1. The van der Waals surface area contributed by atoms with Gasteiger partial charge in [0.1, 0.15) is 0 Å². The third-order valence-electron chi connectivity index (χ3n) is 4.19. The minimum Gasteiger partial charge on any atom is -0.319 e. The molecule has 3 nitrogen and oxygen atoms in total. The van der Waals surface area contributed by atoms with Crippen LogP contribution < -0.4 is 5.32 Å². The van der Waals surface area contributed by atoms with E-state index in [1.807, 2.05) is 23.1 Å². The highest BCUT2D eigenvalue weighted by Gasteiger charge is 2.28. The van der Waals surface area contributed by atoms with Crippen LogP contribution in [0.3, 0.4) is 0 Å². The van der Waals surface area contributed by atoms with Gasteiger partial charge in [-0.1, -0.05) is 6.07 Å². The molecule has 1 aromatic carbocycles. The molecule has 1 saturated heterocycles. The molecule has 104 valence electrons. The Labute approximate surface area is 116 Å². The van der Waals surface area contributed by atoms with Gasteiger partial charge in [-0.15, -0.1) is 0 Å². The summed E-state index contributed by atoms with van der Waals surface area (Å²) in [6.45, 7) is 8.41. The molecule has 19 heavy (non-hydrogen) atoms. The van der Waals surface area contributed by atoms with Crippen LogP contribution in [0.1, 0.15) is 44.2 Å². The maximum atomic E-state index is 12.4. The van der Waals surface area contributed by atoms with Crippen LogP contribution in [0, 0.1) is 13.8 Å². The van der Waals surface area contributed by atoms with E-state index in [-0.39, 0.29) is 6.03 Å². The number of nitrogens with zero attached hydrogens (tertiary/aromatic N) is 1. The average Bonchev–Trinajstić information content (AvgIpc) is 2.33. The molecule has 0 radical (unpaired) electrons. The van der Waals surface area contributed by atoms with E-state index in [0.717, 1.165) is 18.5 Å². The van der Waals surface area contributed by atoms with E-state index in [2.05, 4.69) is 33.0 Å². The monoisotopic (exact) mass is 260 g/mol. The van der Waals surface area contributed by atoms with Gasteiger partial charge in [0.25, 0.3) is 0 Å². The van der Waals surface area contributed by atoms with Gasteiger partial charge >= 0.3 is 6.03 Å². The van der Waals surface area contributed by atoms with Gasteiger partial charge < -0.3 is 10.2 Å². The van der Waals surface area contributed by atoms with Gasteiger partial charge in [-0.2, -0.15) is 0 Å². The lowest BCUT2D eigenvalue weighted by Crippen LogP contribution is -2.49. The second kappa shape index (κ2) is 5.64. The molecular formula is C16H24N2O. The normalized spacial score (nSPS) is 23.3. The number of anilines is 1. The van der Waals surface area contributed by atoms with Crippen LogP contribution in [0.4, 0.5) is 10.5 Å². The van der Waals surface area contributed by atoms with Crippen molar-refractivity contribution in [3.8, 4) is 0 Å². The van der Waals surface area contributed by atoms with E-state index in [1.54, 1.807) is 0 Å². The molecular weight excluding hydrogens is 236 g/mol. The molecule has 2 rings (SSSR count). The standard InChI is InChI=1S/C16H24N2O/c1-11-8-9-15(10-12(11)2)17-16(19)18-13(3)6-5-7-14(18)4/h8-10,13-14H,5-7H2,1-4H3,(H,17,19)/t13-,14-/m0/s1. The van der Waals surface area contributed by atoms with Crippen molar-refractivity contribution in [3.63, 3.8) is 0 Å². The predicted molar refractivity (Wildman–Crippen MR) is 79.5 cm³/mol. The molecule has 0 aromatic heterocycles. The number of nitrogens with one attached hydrogen (secondary N) is 1. The fraction of sp³-hybridized carbons (Fsp3) is 0.562. The summed E-state index contributed by atoms with van der Waals surface area (Å²) < 4.78 is 0. The summed E-state index contributed by atoms with van der Waals surface area (Å²) in [6, 6.07) is 6.74. The molecule has 2 atom stereocenters. The Balaban J connectivity index is 2.09. The van der Waals surface area contributed by atoms with E-state index in [9.17, 15) is 4.79 Å². The molecule has 1 aliphatic heterocycles. The van der Waals surface area contributed by atoms with Crippen molar-refractivity contribution in [2.75, 3.05) is 5.32 Å². The molecule has 1 N–H and O–H groups in total. The highest BCUT2D eigenvalue weighted by molar-refractivity contribution is 5.90. The van der Waals surface area contributed by atoms with E-state index in [0.29, 0.717) is 12.1 Å². The molecule has 1 fully saturated rings. The Hall–Kier alpha value is -1.51. The third-order valence-corrected chi connectivity index (χ3v) is 4.19. The number of likely N-dealkylation sites (tertiary alicyclic amines) is 1. The van der Waals surface area contributed by atoms with E-state index < -0.39 is 0 Å². The number of hydrogen-bond donors (Lipinski definition) is 1. The molecule has 0 spiro atoms. The number of rotatable bonds is 1. The summed E-state index contributed by atoms with van der Waals surface area (Å²) in [5, 5.41) is 3.03. The van der Waals surface area contributed by atoms with Gasteiger partial charge in [-0.05, 0) is 70.2 Å². The second-order valence-electron chi connectivity index (χ2n) is 5.77. The lowest BCUT2D eigenvalue weighted by Gasteiger charge is -2.38. The topological polar surface area (TPSA) is 32.3 Å². The van der Waals surface area contributed by atoms with Crippen LogP contribution in [-0.4, -0.2) is 23.0 Å². The molecule has 3 heteroatoms. The SMILES string of the molecule is Cc1ccc(NC(=O)N2[C@@H](C)CCC[C@@H]2C)cc1C. The number of piperidine rings is 1. The van der Waals surface area contributed by atoms with Crippen molar-refractivity contribution in [2.45, 2.75) is 59.0 Å². The Kier molecular flexibility index (Phi) is 4.13. The summed E-state index contributed by atoms with van der Waals surface area (Å²) in [5.74, 6) is 0. The van der Waals surface area contributed by atoms with Crippen LogP contribution in [-0.2, 0) is 0 Å². The summed E-state index contributed by atoms with van der Waals surface area (Å²) in [7, 11) is 0. The lowest BCUT2D eigenvalue weighted by molar-refractivity contribution is 0.133. The van der Waals surface area contributed by atoms with Gasteiger partial charge in [0.15, 0.2) is 0 Å². The first-order valence-corrected chi connectivity index (χ1v) is 7.15. The minimum absolute atomic E-state index is 0.0305. The largest absolute Gasteiger partial charge is 0.322 e. The van der Waals surface area contributed by atoms with Gasteiger partial charge in [-0.3, -0.25) is 0 Å². The highest BCUT2D eigenvalue weighted by atomic mass is 16.2. The van der Waals surface area contributed by atoms with Crippen molar-refractivity contribution in [1.82, 2.24) is 4.90 Å². The molecule has 1 heterocycles. The van der Waals surface area contributed by atoms with Crippen molar-refractivity contribution in [1.29, 1.82) is 0 Å². The minimum atomic E-state index is 0.0305. The third kappa shape index (κ3) is 3.09. The quantitative estimate of drug-likeness (QED) is 0.810. The lowest BCUT2D eigenvalue weighted by atomic mass is 9.98. The summed E-state index contributed by atoms with van der Waals surface area (Å²) >= 11 is 0. The zero-order valence-corrected chi connectivity index (χ0v) is 12.4. The van der Waals surface area contributed by atoms with Gasteiger partial charge in [0, 0.05) is 17.8 Å². The molecule has 0 saturated carbocycles. The number of carbonyl (C=O) groups is 1. The van der Waals surface area contributed by atoms with Crippen molar-refractivity contribution in [2.24, 2.45) is 0 Å². The Morgan fingerprint density at radius 1 is 1.16 bits per heavy atom. The Morgan fingerprint density at radius 2 is 1.79 bits per heavy atom. The molecule has 0 bridgehead atoms. The molecule has 0 aliphatic carbocycles. The van der Waals surface area contributed by atoms with Crippen LogP contribution >= 0.6 is 0 Å². The number of benzene rings is 1. The zero-order valence-electron chi connectivity index (χ0n) is 12.4. The van der Waals surface area contributed by atoms with Crippen LogP contribution in [0.25, 0.3) is 0 Å². The predicted octanol–water partition coefficient (Wildman–Crippen LogP) is 4.10. The summed E-state index contributed by atoms with van der Waals surface area (Å²) in [4.78, 5) is 14.4. The first kappa shape index (κ1) is 13.9. The van der Waals surface area contributed by atoms with Crippen molar-refractivity contribution in [3.05, 3.63) is 29.3 Å². The first-order chi connectivity index (χ1) is 8.99. The van der Waals surface area contributed by atoms with Gasteiger partial charge in [0.2, 0.25) is 0 Å². The first-order valence-electron chi connectivity index (χ1n) is 7.15. The maximum Gasteiger partial charge on any atom is 0.322 e. The van der Waals surface area contributed by atoms with Crippen LogP contribution in [0.15, 0.2) is 18.2 Å². The number of carbonyl (C=O) groups excluding carboxylic acids is 1. The van der Waals surface area contributed by atoms with Gasteiger partial charge in [0.05, 0.1) is 0 Å². The maximum absolute atomic E-state index is 12.4. The van der Waals surface area contributed by atoms with E-state index >= 15 is 0 Å². The van der Waals surface area contributed by atoms with Crippen LogP contribution in [0.5, 0.6) is 0 Å². The van der Waals surface area contributed by atoms with Crippen molar-refractivity contribution < 1.29 is 4.79 Å². The second-order valence-corrected chi connectivity index (χ2v) is 5.77. The fourth-order valence-corrected chi connectivity index (χ4v) is 2.83. The Morgan fingerprint density at radius 3 is 2.37 bits per heavy atom. The zero-order chi connectivity index (χ0) is 14.0. The summed E-state index contributed by atoms with van der Waals surface area (Å²) in [5.41, 5.74) is 3.34. The molecule has 2 amide bonds. The molecule has 0 unspecified atom stereocenters. The van der Waals surface area contributed by atoms with E-state index in [1.165, 1.54) is 17.5 Å². The smallest absolute Gasteiger partial charge is 0.319 e. The Bertz CT molecular complexity index is 460. The highest BCUT2D eigenvalue weighted by Crippen LogP contribution is 2.24. The number of aryl methyl sites for hydroxylation is 2. The fourth-order valence-electron chi connectivity index (χ4n) is 2.83.